The molecule has 0 spiro atoms. The van der Waals surface area contributed by atoms with Crippen LogP contribution in [0.25, 0.3) is 0 Å². The second-order valence-electron chi connectivity index (χ2n) is 4.96. The fourth-order valence-electron chi connectivity index (χ4n) is 2.26. The topological polar surface area (TPSA) is 12.5 Å². The summed E-state index contributed by atoms with van der Waals surface area (Å²) in [6.45, 7) is 4.23. The maximum absolute atomic E-state index is 5.33. The number of nitrogens with zero attached hydrogens (tertiary/aromatic N) is 1. The minimum Gasteiger partial charge on any atom is -0.497 e. The molecule has 2 heteroatoms. The highest BCUT2D eigenvalue weighted by atomic mass is 16.5. The SMILES string of the molecule is CCCCN(Cc1ccccc1)c1cccc(OC)c1. The van der Waals surface area contributed by atoms with Crippen molar-refractivity contribution in [2.45, 2.75) is 26.3 Å². The Morgan fingerprint density at radius 3 is 2.50 bits per heavy atom. The average Bonchev–Trinajstić information content (AvgIpc) is 2.52. The van der Waals surface area contributed by atoms with Crippen LogP contribution in [0.4, 0.5) is 5.69 Å². The molecular weight excluding hydrogens is 246 g/mol. The lowest BCUT2D eigenvalue weighted by molar-refractivity contribution is 0.414. The summed E-state index contributed by atoms with van der Waals surface area (Å²) < 4.78 is 5.33. The van der Waals surface area contributed by atoms with Crippen LogP contribution in [-0.2, 0) is 6.54 Å². The predicted octanol–water partition coefficient (Wildman–Crippen LogP) is 4.50. The van der Waals surface area contributed by atoms with Gasteiger partial charge in [0.2, 0.25) is 0 Å². The van der Waals surface area contributed by atoms with E-state index in [-0.39, 0.29) is 0 Å². The summed E-state index contributed by atoms with van der Waals surface area (Å²) in [7, 11) is 1.71. The van der Waals surface area contributed by atoms with Crippen molar-refractivity contribution < 1.29 is 4.74 Å². The summed E-state index contributed by atoms with van der Waals surface area (Å²) in [5, 5.41) is 0. The Balaban J connectivity index is 2.17. The van der Waals surface area contributed by atoms with Crippen LogP contribution in [0.1, 0.15) is 25.3 Å². The lowest BCUT2D eigenvalue weighted by Crippen LogP contribution is -2.23. The van der Waals surface area contributed by atoms with Gasteiger partial charge in [-0.15, -0.1) is 0 Å². The van der Waals surface area contributed by atoms with Gasteiger partial charge in [0.05, 0.1) is 7.11 Å². The van der Waals surface area contributed by atoms with E-state index in [1.165, 1.54) is 24.1 Å². The van der Waals surface area contributed by atoms with Crippen LogP contribution in [0.3, 0.4) is 0 Å². The van der Waals surface area contributed by atoms with Gasteiger partial charge in [-0.2, -0.15) is 0 Å². The zero-order valence-electron chi connectivity index (χ0n) is 12.4. The summed E-state index contributed by atoms with van der Waals surface area (Å²) in [6.07, 6.45) is 2.40. The number of hydrogen-bond donors (Lipinski definition) is 0. The Hall–Kier alpha value is -1.96. The molecule has 0 N–H and O–H groups in total. The van der Waals surface area contributed by atoms with Gasteiger partial charge in [0.25, 0.3) is 0 Å². The molecule has 0 aliphatic heterocycles. The average molecular weight is 269 g/mol. The van der Waals surface area contributed by atoms with Crippen LogP contribution in [-0.4, -0.2) is 13.7 Å². The van der Waals surface area contributed by atoms with Crippen LogP contribution >= 0.6 is 0 Å². The number of methoxy groups -OCH3 is 1. The first-order valence-corrected chi connectivity index (χ1v) is 7.26. The van der Waals surface area contributed by atoms with E-state index in [1.807, 2.05) is 6.07 Å². The molecule has 0 aromatic heterocycles. The molecule has 0 amide bonds. The van der Waals surface area contributed by atoms with E-state index in [0.29, 0.717) is 0 Å². The minimum atomic E-state index is 0.914. The normalized spacial score (nSPS) is 10.3. The predicted molar refractivity (Wildman–Crippen MR) is 85.4 cm³/mol. The number of rotatable bonds is 7. The van der Waals surface area contributed by atoms with Gasteiger partial charge < -0.3 is 9.64 Å². The van der Waals surface area contributed by atoms with Crippen LogP contribution in [0.15, 0.2) is 54.6 Å². The van der Waals surface area contributed by atoms with Gasteiger partial charge in [0, 0.05) is 24.8 Å². The van der Waals surface area contributed by atoms with Crippen molar-refractivity contribution in [2.75, 3.05) is 18.6 Å². The van der Waals surface area contributed by atoms with Crippen molar-refractivity contribution in [2.24, 2.45) is 0 Å². The maximum atomic E-state index is 5.33. The van der Waals surface area contributed by atoms with E-state index in [4.69, 9.17) is 4.74 Å². The smallest absolute Gasteiger partial charge is 0.120 e. The van der Waals surface area contributed by atoms with Gasteiger partial charge in [-0.1, -0.05) is 49.7 Å². The van der Waals surface area contributed by atoms with Crippen molar-refractivity contribution in [1.82, 2.24) is 0 Å². The fourth-order valence-corrected chi connectivity index (χ4v) is 2.26. The second-order valence-corrected chi connectivity index (χ2v) is 4.96. The molecule has 0 bridgehead atoms. The molecule has 2 aromatic carbocycles. The Bertz CT molecular complexity index is 510. The van der Waals surface area contributed by atoms with Gasteiger partial charge in [-0.3, -0.25) is 0 Å². The van der Waals surface area contributed by atoms with Crippen molar-refractivity contribution in [3.8, 4) is 5.75 Å². The molecular formula is C18H23NO. The van der Waals surface area contributed by atoms with Crippen molar-refractivity contribution in [1.29, 1.82) is 0 Å². The first-order valence-electron chi connectivity index (χ1n) is 7.26. The third-order valence-electron chi connectivity index (χ3n) is 3.42. The molecule has 0 aliphatic rings. The lowest BCUT2D eigenvalue weighted by Gasteiger charge is -2.25. The van der Waals surface area contributed by atoms with Crippen molar-refractivity contribution in [3.63, 3.8) is 0 Å². The maximum Gasteiger partial charge on any atom is 0.120 e. The van der Waals surface area contributed by atoms with E-state index in [2.05, 4.69) is 60.4 Å². The quantitative estimate of drug-likeness (QED) is 0.733. The van der Waals surface area contributed by atoms with Crippen LogP contribution < -0.4 is 9.64 Å². The lowest BCUT2D eigenvalue weighted by atomic mass is 10.1. The third kappa shape index (κ3) is 4.02. The molecule has 20 heavy (non-hydrogen) atoms. The molecule has 0 saturated carbocycles. The summed E-state index contributed by atoms with van der Waals surface area (Å²) in [6, 6.07) is 18.9. The largest absolute Gasteiger partial charge is 0.497 e. The van der Waals surface area contributed by atoms with Crippen LogP contribution in [0.2, 0.25) is 0 Å². The number of ether oxygens (including phenoxy) is 1. The number of unbranched alkanes of at least 4 members (excludes halogenated alkanes) is 1. The second kappa shape index (κ2) is 7.59. The summed E-state index contributed by atoms with van der Waals surface area (Å²) in [5.74, 6) is 0.914. The number of benzene rings is 2. The van der Waals surface area contributed by atoms with E-state index in [1.54, 1.807) is 7.11 Å². The number of anilines is 1. The van der Waals surface area contributed by atoms with Gasteiger partial charge in [0.1, 0.15) is 5.75 Å². The fraction of sp³-hybridized carbons (Fsp3) is 0.333. The molecule has 0 aliphatic carbocycles. The molecule has 0 fully saturated rings. The van der Waals surface area contributed by atoms with Gasteiger partial charge >= 0.3 is 0 Å². The van der Waals surface area contributed by atoms with Crippen molar-refractivity contribution >= 4 is 5.69 Å². The standard InChI is InChI=1S/C18H23NO/c1-3-4-13-19(15-16-9-6-5-7-10-16)17-11-8-12-18(14-17)20-2/h5-12,14H,3-4,13,15H2,1-2H3. The van der Waals surface area contributed by atoms with Gasteiger partial charge in [-0.05, 0) is 24.1 Å². The van der Waals surface area contributed by atoms with Crippen molar-refractivity contribution in [3.05, 3.63) is 60.2 Å². The van der Waals surface area contributed by atoms with E-state index in [0.717, 1.165) is 18.8 Å². The zero-order valence-corrected chi connectivity index (χ0v) is 12.4. The Morgan fingerprint density at radius 2 is 1.80 bits per heavy atom. The Labute approximate surface area is 122 Å². The summed E-state index contributed by atoms with van der Waals surface area (Å²) >= 11 is 0. The minimum absolute atomic E-state index is 0.914. The Kier molecular flexibility index (Phi) is 5.48. The number of hydrogen-bond acceptors (Lipinski definition) is 2. The first kappa shape index (κ1) is 14.4. The zero-order chi connectivity index (χ0) is 14.2. The first-order chi connectivity index (χ1) is 9.83. The van der Waals surface area contributed by atoms with Gasteiger partial charge in [0.15, 0.2) is 0 Å². The summed E-state index contributed by atoms with van der Waals surface area (Å²) in [4.78, 5) is 2.42. The van der Waals surface area contributed by atoms with Crippen LogP contribution in [0.5, 0.6) is 5.75 Å². The van der Waals surface area contributed by atoms with E-state index < -0.39 is 0 Å². The highest BCUT2D eigenvalue weighted by molar-refractivity contribution is 5.51. The molecule has 2 nitrogen and oxygen atoms in total. The highest BCUT2D eigenvalue weighted by Crippen LogP contribution is 2.23. The third-order valence-corrected chi connectivity index (χ3v) is 3.42. The molecule has 0 radical (unpaired) electrons. The van der Waals surface area contributed by atoms with E-state index in [9.17, 15) is 0 Å². The molecule has 0 saturated heterocycles. The molecule has 0 unspecified atom stereocenters. The molecule has 0 heterocycles. The van der Waals surface area contributed by atoms with Crippen LogP contribution in [0, 0.1) is 0 Å². The highest BCUT2D eigenvalue weighted by Gasteiger charge is 2.07. The monoisotopic (exact) mass is 269 g/mol. The van der Waals surface area contributed by atoms with Gasteiger partial charge in [-0.25, -0.2) is 0 Å². The van der Waals surface area contributed by atoms with E-state index >= 15 is 0 Å². The molecule has 0 atom stereocenters. The summed E-state index contributed by atoms with van der Waals surface area (Å²) in [5.41, 5.74) is 2.56. The molecule has 106 valence electrons. The molecule has 2 rings (SSSR count). The Morgan fingerprint density at radius 1 is 1.00 bits per heavy atom. The molecule has 2 aromatic rings.